The van der Waals surface area contributed by atoms with Gasteiger partial charge in [0.2, 0.25) is 0 Å². The van der Waals surface area contributed by atoms with Crippen molar-refractivity contribution < 1.29 is 38.7 Å². The van der Waals surface area contributed by atoms with Gasteiger partial charge in [-0.3, -0.25) is 9.59 Å². The van der Waals surface area contributed by atoms with E-state index in [-0.39, 0.29) is 61.0 Å². The van der Waals surface area contributed by atoms with Crippen LogP contribution in [-0.4, -0.2) is 71.0 Å². The van der Waals surface area contributed by atoms with E-state index in [1.807, 2.05) is 27.7 Å². The molecule has 0 aromatic carbocycles. The fourth-order valence-corrected chi connectivity index (χ4v) is 7.65. The van der Waals surface area contributed by atoms with Crippen LogP contribution in [0.1, 0.15) is 106 Å². The van der Waals surface area contributed by atoms with Gasteiger partial charge in [-0.25, -0.2) is 0 Å². The molecule has 2 aliphatic carbocycles. The molecule has 5 rings (SSSR count). The van der Waals surface area contributed by atoms with Crippen molar-refractivity contribution in [3.8, 4) is 0 Å². The van der Waals surface area contributed by atoms with Crippen molar-refractivity contribution in [3.63, 3.8) is 0 Å². The Labute approximate surface area is 239 Å². The number of ether oxygens (including phenoxy) is 4. The molecule has 4 bridgehead atoms. The number of rotatable bonds is 4. The summed E-state index contributed by atoms with van der Waals surface area (Å²) in [5.74, 6) is 0.953. The maximum absolute atomic E-state index is 13.4. The van der Waals surface area contributed by atoms with Crippen LogP contribution in [0.15, 0.2) is 0 Å². The Hall–Kier alpha value is -1.22. The van der Waals surface area contributed by atoms with Gasteiger partial charge in [0.05, 0.1) is 49.5 Å². The lowest BCUT2D eigenvalue weighted by atomic mass is 9.74. The number of aliphatic hydroxyl groups is 2. The molecule has 3 saturated heterocycles. The molecule has 0 aromatic rings. The molecule has 40 heavy (non-hydrogen) atoms. The third-order valence-corrected chi connectivity index (χ3v) is 11.3. The summed E-state index contributed by atoms with van der Waals surface area (Å²) < 4.78 is 25.4. The number of fused-ring (bicyclic) bond motifs is 4. The van der Waals surface area contributed by atoms with Gasteiger partial charge in [-0.1, -0.05) is 54.4 Å². The summed E-state index contributed by atoms with van der Waals surface area (Å²) in [6, 6.07) is 0. The summed E-state index contributed by atoms with van der Waals surface area (Å²) >= 11 is 0. The molecular formula is C32H52O8. The van der Waals surface area contributed by atoms with Gasteiger partial charge in [0.25, 0.3) is 0 Å². The number of esters is 2. The van der Waals surface area contributed by atoms with Crippen LogP contribution in [0.4, 0.5) is 0 Å². The summed E-state index contributed by atoms with van der Waals surface area (Å²) in [5.41, 5.74) is -1.23. The first-order valence-electron chi connectivity index (χ1n) is 15.9. The molecule has 2 saturated carbocycles. The smallest absolute Gasteiger partial charge is 0.308 e. The van der Waals surface area contributed by atoms with Gasteiger partial charge in [0.1, 0.15) is 12.2 Å². The molecule has 2 N–H and O–H groups in total. The van der Waals surface area contributed by atoms with Gasteiger partial charge in [-0.2, -0.15) is 0 Å². The highest BCUT2D eigenvalue weighted by Gasteiger charge is 2.52. The molecule has 0 radical (unpaired) electrons. The summed E-state index contributed by atoms with van der Waals surface area (Å²) in [6.45, 7) is 12.1. The minimum absolute atomic E-state index is 0.0653. The minimum atomic E-state index is -0.640. The van der Waals surface area contributed by atoms with Crippen molar-refractivity contribution in [2.24, 2.45) is 34.5 Å². The van der Waals surface area contributed by atoms with Gasteiger partial charge in [0, 0.05) is 36.5 Å². The molecule has 5 fully saturated rings. The van der Waals surface area contributed by atoms with E-state index >= 15 is 0 Å². The molecule has 0 spiro atoms. The largest absolute Gasteiger partial charge is 0.462 e. The van der Waals surface area contributed by atoms with Crippen LogP contribution in [0.5, 0.6) is 0 Å². The topological polar surface area (TPSA) is 112 Å². The van der Waals surface area contributed by atoms with Gasteiger partial charge < -0.3 is 29.2 Å². The second kappa shape index (κ2) is 11.5. The highest BCUT2D eigenvalue weighted by molar-refractivity contribution is 5.71. The summed E-state index contributed by atoms with van der Waals surface area (Å²) in [4.78, 5) is 26.8. The maximum atomic E-state index is 13.4. The number of aliphatic hydroxyl groups excluding tert-OH is 2. The van der Waals surface area contributed by atoms with Gasteiger partial charge >= 0.3 is 11.9 Å². The molecule has 8 heteroatoms. The number of carbonyl (C=O) groups is 2. The standard InChI is InChI=1S/C32H52O8/c1-7-17-9-21(17)23-11-19-13-25(33)31(3,4)28(37-19)16-30(36)40-24(22-10-18(22)8-2)12-20-14-26(34)32(5,6)27(38-20)15-29(35)39-23/h17-28,33-34H,7-16H2,1-6H3/t17-,18-,19-,20-,21-,22-,23+,24+,25+,26+,27+,28+/m1/s1. The van der Waals surface area contributed by atoms with Crippen LogP contribution in [0, 0.1) is 34.5 Å². The molecule has 228 valence electrons. The molecule has 12 atom stereocenters. The Bertz CT molecular complexity index is 858. The first kappa shape index (κ1) is 30.2. The van der Waals surface area contributed by atoms with Crippen LogP contribution >= 0.6 is 0 Å². The van der Waals surface area contributed by atoms with Crippen molar-refractivity contribution in [1.82, 2.24) is 0 Å². The summed E-state index contributed by atoms with van der Waals surface area (Å²) in [5, 5.41) is 22.3. The van der Waals surface area contributed by atoms with E-state index < -0.39 is 35.2 Å². The first-order chi connectivity index (χ1) is 18.8. The Balaban J connectivity index is 1.42. The van der Waals surface area contributed by atoms with Crippen molar-refractivity contribution in [3.05, 3.63) is 0 Å². The monoisotopic (exact) mass is 564 g/mol. The van der Waals surface area contributed by atoms with E-state index in [4.69, 9.17) is 18.9 Å². The van der Waals surface area contributed by atoms with Crippen LogP contribution in [0.25, 0.3) is 0 Å². The Morgan fingerprint density at radius 3 is 1.35 bits per heavy atom. The third-order valence-electron chi connectivity index (χ3n) is 11.3. The minimum Gasteiger partial charge on any atom is -0.462 e. The second-order valence-corrected chi connectivity index (χ2v) is 14.7. The zero-order chi connectivity index (χ0) is 29.0. The highest BCUT2D eigenvalue weighted by atomic mass is 16.6. The lowest BCUT2D eigenvalue weighted by Crippen LogP contribution is -2.53. The van der Waals surface area contributed by atoms with Crippen molar-refractivity contribution in [2.75, 3.05) is 0 Å². The van der Waals surface area contributed by atoms with Crippen LogP contribution in [0.2, 0.25) is 0 Å². The maximum Gasteiger partial charge on any atom is 0.308 e. The van der Waals surface area contributed by atoms with Crippen molar-refractivity contribution in [2.45, 2.75) is 155 Å². The van der Waals surface area contributed by atoms with Crippen LogP contribution in [0.3, 0.4) is 0 Å². The lowest BCUT2D eigenvalue weighted by molar-refractivity contribution is -0.205. The number of cyclic esters (lactones) is 2. The summed E-state index contributed by atoms with van der Waals surface area (Å²) in [6.07, 6.45) is 2.54. The predicted molar refractivity (Wildman–Crippen MR) is 148 cm³/mol. The van der Waals surface area contributed by atoms with E-state index in [0.717, 1.165) is 25.7 Å². The number of carbonyl (C=O) groups excluding carboxylic acids is 2. The van der Waals surface area contributed by atoms with Gasteiger partial charge in [-0.05, 0) is 36.5 Å². The molecular weight excluding hydrogens is 512 g/mol. The third kappa shape index (κ3) is 6.25. The Morgan fingerprint density at radius 1 is 0.650 bits per heavy atom. The Morgan fingerprint density at radius 2 is 1.02 bits per heavy atom. The Kier molecular flexibility index (Phi) is 8.67. The van der Waals surface area contributed by atoms with E-state index in [9.17, 15) is 19.8 Å². The fraction of sp³-hybridized carbons (Fsp3) is 0.938. The van der Waals surface area contributed by atoms with Crippen LogP contribution < -0.4 is 0 Å². The second-order valence-electron chi connectivity index (χ2n) is 14.7. The lowest BCUT2D eigenvalue weighted by Gasteiger charge is -2.47. The molecule has 3 aliphatic heterocycles. The van der Waals surface area contributed by atoms with Crippen molar-refractivity contribution in [1.29, 1.82) is 0 Å². The normalized spacial score (nSPS) is 47.1. The average molecular weight is 565 g/mol. The van der Waals surface area contributed by atoms with Crippen molar-refractivity contribution >= 4 is 11.9 Å². The summed E-state index contributed by atoms with van der Waals surface area (Å²) in [7, 11) is 0. The van der Waals surface area contributed by atoms with Gasteiger partial charge in [0.15, 0.2) is 0 Å². The average Bonchev–Trinajstić information content (AvgIpc) is 3.78. The molecule has 0 unspecified atom stereocenters. The van der Waals surface area contributed by atoms with Crippen LogP contribution in [-0.2, 0) is 28.5 Å². The number of hydrogen-bond donors (Lipinski definition) is 2. The quantitative estimate of drug-likeness (QED) is 0.478. The molecule has 3 heterocycles. The zero-order valence-corrected chi connectivity index (χ0v) is 25.3. The molecule has 5 aliphatic rings. The molecule has 8 nitrogen and oxygen atoms in total. The zero-order valence-electron chi connectivity index (χ0n) is 25.3. The molecule has 0 amide bonds. The fourth-order valence-electron chi connectivity index (χ4n) is 7.65. The first-order valence-corrected chi connectivity index (χ1v) is 15.9. The van der Waals surface area contributed by atoms with E-state index in [2.05, 4.69) is 13.8 Å². The van der Waals surface area contributed by atoms with E-state index in [1.165, 1.54) is 0 Å². The molecule has 0 aromatic heterocycles. The van der Waals surface area contributed by atoms with E-state index in [0.29, 0.717) is 37.5 Å². The SMILES string of the molecule is CC[C@@H]1C[C@H]1[C@@H]1C[C@@H]2C[C@H](O)C(C)(C)[C@H](CC(=O)O[C@H]([C@@H]3C[C@H]3CC)C[C@@H]3C[C@H](O)C(C)(C)[C@H](CC(=O)O1)O3)O2. The van der Waals surface area contributed by atoms with E-state index in [1.54, 1.807) is 0 Å². The predicted octanol–water partition coefficient (Wildman–Crippen LogP) is 4.57. The number of hydrogen-bond acceptors (Lipinski definition) is 8. The highest BCUT2D eigenvalue weighted by Crippen LogP contribution is 2.50. The van der Waals surface area contributed by atoms with Gasteiger partial charge in [-0.15, -0.1) is 0 Å².